The van der Waals surface area contributed by atoms with Gasteiger partial charge in [-0.15, -0.1) is 0 Å². The number of nitrogens with one attached hydrogen (secondary N) is 1. The summed E-state index contributed by atoms with van der Waals surface area (Å²) in [7, 11) is 1.67. The fourth-order valence-corrected chi connectivity index (χ4v) is 2.17. The van der Waals surface area contributed by atoms with Crippen molar-refractivity contribution in [3.63, 3.8) is 0 Å². The molecule has 2 aromatic rings. The van der Waals surface area contributed by atoms with E-state index in [1.807, 2.05) is 30.5 Å². The summed E-state index contributed by atoms with van der Waals surface area (Å²) in [5.41, 5.74) is 2.26. The number of imidazole rings is 1. The van der Waals surface area contributed by atoms with Crippen LogP contribution in [0.25, 0.3) is 11.3 Å². The molecule has 2 rings (SSSR count). The molecule has 0 fully saturated rings. The van der Waals surface area contributed by atoms with Crippen LogP contribution in [0.15, 0.2) is 30.5 Å². The molecule has 18 heavy (non-hydrogen) atoms. The smallest absolute Gasteiger partial charge is 0.177 e. The lowest BCUT2D eigenvalue weighted by Gasteiger charge is -2.11. The summed E-state index contributed by atoms with van der Waals surface area (Å²) >= 11 is 5.32. The third-order valence-electron chi connectivity index (χ3n) is 2.80. The van der Waals surface area contributed by atoms with Crippen molar-refractivity contribution >= 4 is 12.2 Å². The second kappa shape index (κ2) is 5.40. The molecule has 3 nitrogen and oxygen atoms in total. The molecule has 1 N–H and O–H groups in total. The normalized spacial score (nSPS) is 10.9. The average molecular weight is 262 g/mol. The van der Waals surface area contributed by atoms with Gasteiger partial charge in [0.05, 0.1) is 12.8 Å². The van der Waals surface area contributed by atoms with Gasteiger partial charge in [-0.1, -0.05) is 13.8 Å². The van der Waals surface area contributed by atoms with Crippen LogP contribution in [0.3, 0.4) is 0 Å². The minimum Gasteiger partial charge on any atom is -0.497 e. The summed E-state index contributed by atoms with van der Waals surface area (Å²) in [6.07, 6.45) is 1.96. The Morgan fingerprint density at radius 2 is 1.94 bits per heavy atom. The molecule has 0 spiro atoms. The Morgan fingerprint density at radius 3 is 2.50 bits per heavy atom. The summed E-state index contributed by atoms with van der Waals surface area (Å²) in [5, 5.41) is 0. The number of methoxy groups -OCH3 is 1. The van der Waals surface area contributed by atoms with Gasteiger partial charge in [-0.25, -0.2) is 0 Å². The van der Waals surface area contributed by atoms with Gasteiger partial charge in [0, 0.05) is 12.7 Å². The van der Waals surface area contributed by atoms with Gasteiger partial charge in [-0.05, 0) is 48.0 Å². The van der Waals surface area contributed by atoms with E-state index in [4.69, 9.17) is 17.0 Å². The van der Waals surface area contributed by atoms with Gasteiger partial charge in [0.2, 0.25) is 0 Å². The molecule has 0 aliphatic carbocycles. The molecule has 0 bridgehead atoms. The standard InChI is InChI=1S/C14H18N2OS/c1-10(2)9-16-13(8-15-14(16)18)11-4-6-12(17-3)7-5-11/h4-8,10H,9H2,1-3H3,(H,15,18). The number of ether oxygens (including phenoxy) is 1. The summed E-state index contributed by atoms with van der Waals surface area (Å²) in [5.74, 6) is 1.42. The van der Waals surface area contributed by atoms with Crippen molar-refractivity contribution in [2.24, 2.45) is 5.92 Å². The Bertz CT molecular complexity index is 566. The fraction of sp³-hybridized carbons (Fsp3) is 0.357. The predicted molar refractivity (Wildman–Crippen MR) is 76.4 cm³/mol. The maximum atomic E-state index is 5.32. The summed E-state index contributed by atoms with van der Waals surface area (Å²) in [6, 6.07) is 8.03. The molecule has 0 radical (unpaired) electrons. The van der Waals surface area contributed by atoms with E-state index in [9.17, 15) is 0 Å². The molecule has 0 unspecified atom stereocenters. The van der Waals surface area contributed by atoms with Crippen LogP contribution in [-0.4, -0.2) is 16.7 Å². The summed E-state index contributed by atoms with van der Waals surface area (Å²) in [4.78, 5) is 3.12. The van der Waals surface area contributed by atoms with E-state index in [0.29, 0.717) is 5.92 Å². The molecule has 0 atom stereocenters. The largest absolute Gasteiger partial charge is 0.497 e. The van der Waals surface area contributed by atoms with E-state index in [1.165, 1.54) is 0 Å². The number of aromatic nitrogens is 2. The number of benzene rings is 1. The van der Waals surface area contributed by atoms with Crippen molar-refractivity contribution in [1.82, 2.24) is 9.55 Å². The van der Waals surface area contributed by atoms with Gasteiger partial charge in [0.1, 0.15) is 5.75 Å². The Morgan fingerprint density at radius 1 is 1.28 bits per heavy atom. The second-order valence-corrected chi connectivity index (χ2v) is 5.10. The summed E-state index contributed by atoms with van der Waals surface area (Å²) in [6.45, 7) is 5.29. The Kier molecular flexibility index (Phi) is 3.87. The molecule has 0 saturated heterocycles. The number of rotatable bonds is 4. The first-order valence-electron chi connectivity index (χ1n) is 6.04. The maximum absolute atomic E-state index is 5.32. The van der Waals surface area contributed by atoms with Gasteiger partial charge in [0.15, 0.2) is 4.77 Å². The van der Waals surface area contributed by atoms with E-state index < -0.39 is 0 Å². The van der Waals surface area contributed by atoms with Gasteiger partial charge < -0.3 is 14.3 Å². The minimum absolute atomic E-state index is 0.560. The number of aromatic amines is 1. The van der Waals surface area contributed by atoms with E-state index in [0.717, 1.165) is 28.3 Å². The van der Waals surface area contributed by atoms with Crippen LogP contribution in [0, 0.1) is 10.7 Å². The maximum Gasteiger partial charge on any atom is 0.177 e. The fourth-order valence-electron chi connectivity index (χ4n) is 1.94. The first-order valence-corrected chi connectivity index (χ1v) is 6.45. The molecule has 0 saturated carbocycles. The number of hydrogen-bond acceptors (Lipinski definition) is 2. The second-order valence-electron chi connectivity index (χ2n) is 4.71. The van der Waals surface area contributed by atoms with E-state index in [-0.39, 0.29) is 0 Å². The molecular weight excluding hydrogens is 244 g/mol. The van der Waals surface area contributed by atoms with Crippen LogP contribution in [0.2, 0.25) is 0 Å². The molecule has 4 heteroatoms. The molecule has 0 aliphatic heterocycles. The summed E-state index contributed by atoms with van der Waals surface area (Å²) < 4.78 is 8.08. The number of H-pyrrole nitrogens is 1. The highest BCUT2D eigenvalue weighted by atomic mass is 32.1. The Hall–Kier alpha value is -1.55. The topological polar surface area (TPSA) is 29.9 Å². The highest BCUT2D eigenvalue weighted by molar-refractivity contribution is 7.71. The lowest BCUT2D eigenvalue weighted by Crippen LogP contribution is -2.05. The van der Waals surface area contributed by atoms with Crippen molar-refractivity contribution < 1.29 is 4.74 Å². The molecule has 0 aliphatic rings. The van der Waals surface area contributed by atoms with E-state index in [2.05, 4.69) is 23.4 Å². The van der Waals surface area contributed by atoms with Gasteiger partial charge in [-0.2, -0.15) is 0 Å². The van der Waals surface area contributed by atoms with E-state index in [1.54, 1.807) is 7.11 Å². The van der Waals surface area contributed by atoms with Crippen molar-refractivity contribution in [3.8, 4) is 17.0 Å². The lowest BCUT2D eigenvalue weighted by atomic mass is 10.1. The van der Waals surface area contributed by atoms with Crippen LogP contribution in [0.1, 0.15) is 13.8 Å². The Balaban J connectivity index is 2.40. The lowest BCUT2D eigenvalue weighted by molar-refractivity contribution is 0.415. The first kappa shape index (κ1) is 12.9. The van der Waals surface area contributed by atoms with Crippen LogP contribution in [-0.2, 0) is 6.54 Å². The SMILES string of the molecule is COc1ccc(-c2c[nH]c(=S)n2CC(C)C)cc1. The van der Waals surface area contributed by atoms with E-state index >= 15 is 0 Å². The van der Waals surface area contributed by atoms with Crippen LogP contribution >= 0.6 is 12.2 Å². The number of hydrogen-bond donors (Lipinski definition) is 1. The molecule has 1 heterocycles. The molecular formula is C14H18N2OS. The van der Waals surface area contributed by atoms with Crippen molar-refractivity contribution in [3.05, 3.63) is 35.2 Å². The third kappa shape index (κ3) is 2.64. The molecule has 96 valence electrons. The zero-order chi connectivity index (χ0) is 13.1. The molecule has 0 amide bonds. The monoisotopic (exact) mass is 262 g/mol. The zero-order valence-corrected chi connectivity index (χ0v) is 11.8. The van der Waals surface area contributed by atoms with Crippen molar-refractivity contribution in [2.75, 3.05) is 7.11 Å². The third-order valence-corrected chi connectivity index (χ3v) is 3.14. The van der Waals surface area contributed by atoms with Crippen LogP contribution in [0.5, 0.6) is 5.75 Å². The van der Waals surface area contributed by atoms with Crippen molar-refractivity contribution in [1.29, 1.82) is 0 Å². The van der Waals surface area contributed by atoms with Crippen LogP contribution in [0.4, 0.5) is 0 Å². The zero-order valence-electron chi connectivity index (χ0n) is 10.9. The predicted octanol–water partition coefficient (Wildman–Crippen LogP) is 3.88. The highest BCUT2D eigenvalue weighted by Crippen LogP contribution is 2.23. The molecule has 1 aromatic carbocycles. The quantitative estimate of drug-likeness (QED) is 0.847. The van der Waals surface area contributed by atoms with Crippen LogP contribution < -0.4 is 4.74 Å². The van der Waals surface area contributed by atoms with Gasteiger partial charge in [-0.3, -0.25) is 0 Å². The van der Waals surface area contributed by atoms with Gasteiger partial charge >= 0.3 is 0 Å². The Labute approximate surface area is 112 Å². The van der Waals surface area contributed by atoms with Crippen molar-refractivity contribution in [2.45, 2.75) is 20.4 Å². The first-order chi connectivity index (χ1) is 8.61. The van der Waals surface area contributed by atoms with Gasteiger partial charge in [0.25, 0.3) is 0 Å². The highest BCUT2D eigenvalue weighted by Gasteiger charge is 2.08. The molecule has 1 aromatic heterocycles. The number of nitrogens with zero attached hydrogens (tertiary/aromatic N) is 1. The minimum atomic E-state index is 0.560. The average Bonchev–Trinajstić information content (AvgIpc) is 2.71.